The first-order valence-electron chi connectivity index (χ1n) is 6.46. The van der Waals surface area contributed by atoms with Crippen molar-refractivity contribution in [3.8, 4) is 5.75 Å². The molecule has 2 aromatic rings. The molecule has 4 nitrogen and oxygen atoms in total. The number of carboxylic acids is 1. The fourth-order valence-electron chi connectivity index (χ4n) is 1.90. The third-order valence-electron chi connectivity index (χ3n) is 2.97. The van der Waals surface area contributed by atoms with E-state index in [1.165, 1.54) is 17.7 Å². The van der Waals surface area contributed by atoms with E-state index in [2.05, 4.69) is 12.1 Å². The van der Waals surface area contributed by atoms with Crippen molar-refractivity contribution in [1.29, 1.82) is 0 Å². The van der Waals surface area contributed by atoms with Gasteiger partial charge in [-0.25, -0.2) is 4.79 Å². The van der Waals surface area contributed by atoms with Gasteiger partial charge in [-0.1, -0.05) is 30.3 Å². The van der Waals surface area contributed by atoms with Gasteiger partial charge in [0.15, 0.2) is 0 Å². The fourth-order valence-corrected chi connectivity index (χ4v) is 1.90. The number of aromatic carboxylic acids is 1. The largest absolute Gasteiger partial charge is 0.491 e. The second-order valence-electron chi connectivity index (χ2n) is 4.50. The highest BCUT2D eigenvalue weighted by molar-refractivity contribution is 5.89. The van der Waals surface area contributed by atoms with Gasteiger partial charge in [-0.2, -0.15) is 0 Å². The summed E-state index contributed by atoms with van der Waals surface area (Å²) in [6.45, 7) is 0.502. The number of carboxylic acid groups (broad SMARTS) is 1. The Morgan fingerprint density at radius 2 is 1.90 bits per heavy atom. The number of carbonyl (C=O) groups is 1. The first-order chi connectivity index (χ1) is 9.66. The Balaban J connectivity index is 1.88. The van der Waals surface area contributed by atoms with Crippen molar-refractivity contribution >= 4 is 11.7 Å². The van der Waals surface area contributed by atoms with Gasteiger partial charge in [0.1, 0.15) is 5.75 Å². The number of anilines is 1. The summed E-state index contributed by atoms with van der Waals surface area (Å²) in [7, 11) is 0. The van der Waals surface area contributed by atoms with Crippen molar-refractivity contribution < 1.29 is 14.6 Å². The molecule has 0 heterocycles. The minimum atomic E-state index is -0.987. The standard InChI is InChI=1S/C16H17NO3/c17-14-9-8-13(16(18)19)11-15(14)20-10-4-7-12-5-2-1-3-6-12/h1-3,5-6,8-9,11H,4,7,10,17H2,(H,18,19). The molecule has 0 saturated heterocycles. The van der Waals surface area contributed by atoms with Gasteiger partial charge in [-0.05, 0) is 36.6 Å². The van der Waals surface area contributed by atoms with Crippen molar-refractivity contribution in [2.75, 3.05) is 12.3 Å². The SMILES string of the molecule is Nc1ccc(C(=O)O)cc1OCCCc1ccccc1. The molecule has 0 aliphatic carbocycles. The van der Waals surface area contributed by atoms with Crippen LogP contribution in [-0.2, 0) is 6.42 Å². The molecule has 0 spiro atoms. The molecule has 3 N–H and O–H groups in total. The number of aryl methyl sites for hydroxylation is 1. The Hall–Kier alpha value is -2.49. The van der Waals surface area contributed by atoms with Gasteiger partial charge in [0.2, 0.25) is 0 Å². The van der Waals surface area contributed by atoms with Crippen molar-refractivity contribution in [2.45, 2.75) is 12.8 Å². The monoisotopic (exact) mass is 271 g/mol. The lowest BCUT2D eigenvalue weighted by Crippen LogP contribution is -2.04. The zero-order chi connectivity index (χ0) is 14.4. The van der Waals surface area contributed by atoms with Crippen LogP contribution in [0.5, 0.6) is 5.75 Å². The van der Waals surface area contributed by atoms with Gasteiger partial charge in [0.25, 0.3) is 0 Å². The van der Waals surface area contributed by atoms with Gasteiger partial charge < -0.3 is 15.6 Å². The van der Waals surface area contributed by atoms with Gasteiger partial charge in [-0.15, -0.1) is 0 Å². The third-order valence-corrected chi connectivity index (χ3v) is 2.97. The van der Waals surface area contributed by atoms with E-state index in [9.17, 15) is 4.79 Å². The lowest BCUT2D eigenvalue weighted by molar-refractivity contribution is 0.0696. The third kappa shape index (κ3) is 3.75. The molecule has 2 rings (SSSR count). The van der Waals surface area contributed by atoms with E-state index in [-0.39, 0.29) is 5.56 Å². The lowest BCUT2D eigenvalue weighted by atomic mass is 10.1. The Morgan fingerprint density at radius 1 is 1.15 bits per heavy atom. The first-order valence-corrected chi connectivity index (χ1v) is 6.46. The van der Waals surface area contributed by atoms with Crippen LogP contribution in [0.2, 0.25) is 0 Å². The molecule has 0 fully saturated rings. The highest BCUT2D eigenvalue weighted by Gasteiger charge is 2.07. The van der Waals surface area contributed by atoms with Crippen LogP contribution in [0, 0.1) is 0 Å². The smallest absolute Gasteiger partial charge is 0.335 e. The molecule has 0 bridgehead atoms. The highest BCUT2D eigenvalue weighted by atomic mass is 16.5. The normalized spacial score (nSPS) is 10.2. The number of nitrogens with two attached hydrogens (primary N) is 1. The summed E-state index contributed by atoms with van der Waals surface area (Å²) in [5.74, 6) is -0.558. The van der Waals surface area contributed by atoms with Crippen LogP contribution in [0.3, 0.4) is 0 Å². The molecule has 4 heteroatoms. The molecule has 0 aliphatic rings. The second kappa shape index (κ2) is 6.61. The number of ether oxygens (including phenoxy) is 1. The summed E-state index contributed by atoms with van der Waals surface area (Å²) in [6, 6.07) is 14.6. The number of benzene rings is 2. The van der Waals surface area contributed by atoms with Crippen LogP contribution >= 0.6 is 0 Å². The average Bonchev–Trinajstić information content (AvgIpc) is 2.46. The van der Waals surface area contributed by atoms with Crippen LogP contribution in [-0.4, -0.2) is 17.7 Å². The van der Waals surface area contributed by atoms with E-state index >= 15 is 0 Å². The predicted molar refractivity (Wildman–Crippen MR) is 78.1 cm³/mol. The Morgan fingerprint density at radius 3 is 2.60 bits per heavy atom. The lowest BCUT2D eigenvalue weighted by Gasteiger charge is -2.09. The molecule has 0 aliphatic heterocycles. The van der Waals surface area contributed by atoms with Crippen molar-refractivity contribution in [2.24, 2.45) is 0 Å². The predicted octanol–water partition coefficient (Wildman–Crippen LogP) is 2.98. The van der Waals surface area contributed by atoms with E-state index in [1.54, 1.807) is 6.07 Å². The summed E-state index contributed by atoms with van der Waals surface area (Å²) >= 11 is 0. The van der Waals surface area contributed by atoms with Crippen molar-refractivity contribution in [3.63, 3.8) is 0 Å². The van der Waals surface area contributed by atoms with Crippen LogP contribution in [0.4, 0.5) is 5.69 Å². The molecule has 2 aromatic carbocycles. The van der Waals surface area contributed by atoms with E-state index in [0.717, 1.165) is 12.8 Å². The number of hydrogen-bond acceptors (Lipinski definition) is 3. The van der Waals surface area contributed by atoms with E-state index < -0.39 is 5.97 Å². The van der Waals surface area contributed by atoms with Gasteiger partial charge >= 0.3 is 5.97 Å². The molecule has 0 atom stereocenters. The molecule has 0 radical (unpaired) electrons. The summed E-state index contributed by atoms with van der Waals surface area (Å²) < 4.78 is 5.56. The topological polar surface area (TPSA) is 72.6 Å². The Kier molecular flexibility index (Phi) is 4.60. The fraction of sp³-hybridized carbons (Fsp3) is 0.188. The van der Waals surface area contributed by atoms with Crippen molar-refractivity contribution in [1.82, 2.24) is 0 Å². The zero-order valence-electron chi connectivity index (χ0n) is 11.1. The molecular weight excluding hydrogens is 254 g/mol. The first kappa shape index (κ1) is 13.9. The molecule has 0 unspecified atom stereocenters. The highest BCUT2D eigenvalue weighted by Crippen LogP contribution is 2.23. The minimum absolute atomic E-state index is 0.178. The molecule has 104 valence electrons. The molecule has 20 heavy (non-hydrogen) atoms. The Bertz CT molecular complexity index is 582. The molecule has 0 saturated carbocycles. The maximum Gasteiger partial charge on any atom is 0.335 e. The number of rotatable bonds is 6. The van der Waals surface area contributed by atoms with Crippen LogP contribution < -0.4 is 10.5 Å². The van der Waals surface area contributed by atoms with Crippen LogP contribution in [0.1, 0.15) is 22.3 Å². The minimum Gasteiger partial charge on any atom is -0.491 e. The van der Waals surface area contributed by atoms with E-state index in [1.807, 2.05) is 18.2 Å². The summed E-state index contributed by atoms with van der Waals surface area (Å²) in [5.41, 5.74) is 7.65. The summed E-state index contributed by atoms with van der Waals surface area (Å²) in [5, 5.41) is 8.92. The average molecular weight is 271 g/mol. The van der Waals surface area contributed by atoms with Crippen molar-refractivity contribution in [3.05, 3.63) is 59.7 Å². The van der Waals surface area contributed by atoms with Crippen LogP contribution in [0.25, 0.3) is 0 Å². The number of nitrogen functional groups attached to an aromatic ring is 1. The zero-order valence-corrected chi connectivity index (χ0v) is 11.1. The molecular formula is C16H17NO3. The summed E-state index contributed by atoms with van der Waals surface area (Å²) in [6.07, 6.45) is 1.76. The summed E-state index contributed by atoms with van der Waals surface area (Å²) in [4.78, 5) is 10.9. The van der Waals surface area contributed by atoms with E-state index in [0.29, 0.717) is 18.0 Å². The second-order valence-corrected chi connectivity index (χ2v) is 4.50. The maximum atomic E-state index is 10.9. The van der Waals surface area contributed by atoms with E-state index in [4.69, 9.17) is 15.6 Å². The maximum absolute atomic E-state index is 10.9. The molecule has 0 amide bonds. The quantitative estimate of drug-likeness (QED) is 0.625. The molecule has 0 aromatic heterocycles. The van der Waals surface area contributed by atoms with Crippen LogP contribution in [0.15, 0.2) is 48.5 Å². The Labute approximate surface area is 117 Å². The van der Waals surface area contributed by atoms with Gasteiger partial charge in [-0.3, -0.25) is 0 Å². The number of hydrogen-bond donors (Lipinski definition) is 2. The van der Waals surface area contributed by atoms with Gasteiger partial charge in [0, 0.05) is 0 Å². The van der Waals surface area contributed by atoms with Gasteiger partial charge in [0.05, 0.1) is 17.9 Å².